The SMILES string of the molecule is CCCN1CC(C)(C)OP1C. The zero-order chi connectivity index (χ0) is 8.48. The van der Waals surface area contributed by atoms with E-state index in [4.69, 9.17) is 4.52 Å². The highest BCUT2D eigenvalue weighted by Crippen LogP contribution is 2.48. The maximum Gasteiger partial charge on any atom is 0.102 e. The summed E-state index contributed by atoms with van der Waals surface area (Å²) >= 11 is 0. The van der Waals surface area contributed by atoms with E-state index in [-0.39, 0.29) is 13.9 Å². The quantitative estimate of drug-likeness (QED) is 0.598. The van der Waals surface area contributed by atoms with Gasteiger partial charge in [0.05, 0.1) is 5.60 Å². The van der Waals surface area contributed by atoms with Crippen molar-refractivity contribution in [1.82, 2.24) is 4.67 Å². The van der Waals surface area contributed by atoms with Crippen LogP contribution in [0.15, 0.2) is 0 Å². The van der Waals surface area contributed by atoms with Crippen LogP contribution in [0.1, 0.15) is 27.2 Å². The average molecular weight is 175 g/mol. The Morgan fingerprint density at radius 2 is 2.18 bits per heavy atom. The molecule has 0 aromatic heterocycles. The summed E-state index contributed by atoms with van der Waals surface area (Å²) in [5.74, 6) is 0. The highest BCUT2D eigenvalue weighted by Gasteiger charge is 2.35. The van der Waals surface area contributed by atoms with Crippen LogP contribution < -0.4 is 0 Å². The Bertz CT molecular complexity index is 138. The van der Waals surface area contributed by atoms with E-state index < -0.39 is 0 Å². The molecule has 1 aliphatic heterocycles. The van der Waals surface area contributed by atoms with Gasteiger partial charge in [-0.1, -0.05) is 6.92 Å². The Morgan fingerprint density at radius 3 is 2.55 bits per heavy atom. The molecule has 1 aliphatic rings. The van der Waals surface area contributed by atoms with Gasteiger partial charge >= 0.3 is 0 Å². The fourth-order valence-electron chi connectivity index (χ4n) is 1.46. The lowest BCUT2D eigenvalue weighted by Gasteiger charge is -2.16. The van der Waals surface area contributed by atoms with E-state index in [0.29, 0.717) is 0 Å². The monoisotopic (exact) mass is 175 g/mol. The molecular weight excluding hydrogens is 157 g/mol. The van der Waals surface area contributed by atoms with Crippen molar-refractivity contribution in [2.75, 3.05) is 19.8 Å². The Balaban J connectivity index is 2.45. The van der Waals surface area contributed by atoms with Crippen LogP contribution in [-0.4, -0.2) is 30.0 Å². The lowest BCUT2D eigenvalue weighted by molar-refractivity contribution is 0.154. The molecule has 0 aliphatic carbocycles. The number of nitrogens with zero attached hydrogens (tertiary/aromatic N) is 1. The predicted molar refractivity (Wildman–Crippen MR) is 49.9 cm³/mol. The molecule has 3 heteroatoms. The average Bonchev–Trinajstić information content (AvgIpc) is 2.07. The topological polar surface area (TPSA) is 12.5 Å². The third kappa shape index (κ3) is 2.40. The van der Waals surface area contributed by atoms with Crippen LogP contribution in [0.2, 0.25) is 0 Å². The molecule has 1 atom stereocenters. The Labute approximate surface area is 70.8 Å². The fourth-order valence-corrected chi connectivity index (χ4v) is 3.37. The fraction of sp³-hybridized carbons (Fsp3) is 1.00. The molecule has 1 fully saturated rings. The summed E-state index contributed by atoms with van der Waals surface area (Å²) in [7, 11) is -0.289. The first-order chi connectivity index (χ1) is 5.05. The van der Waals surface area contributed by atoms with Crippen molar-refractivity contribution < 1.29 is 4.52 Å². The molecule has 66 valence electrons. The lowest BCUT2D eigenvalue weighted by Crippen LogP contribution is -2.27. The predicted octanol–water partition coefficient (Wildman–Crippen LogP) is 2.45. The molecule has 2 nitrogen and oxygen atoms in total. The highest BCUT2D eigenvalue weighted by molar-refractivity contribution is 7.49. The van der Waals surface area contributed by atoms with E-state index in [2.05, 4.69) is 32.1 Å². The zero-order valence-corrected chi connectivity index (χ0v) is 8.82. The van der Waals surface area contributed by atoms with Gasteiger partial charge in [0.15, 0.2) is 0 Å². The number of rotatable bonds is 2. The van der Waals surface area contributed by atoms with Gasteiger partial charge in [-0.2, -0.15) is 0 Å². The van der Waals surface area contributed by atoms with Gasteiger partial charge in [0.25, 0.3) is 0 Å². The number of hydrogen-bond acceptors (Lipinski definition) is 2. The molecule has 1 heterocycles. The van der Waals surface area contributed by atoms with Crippen molar-refractivity contribution in [3.8, 4) is 0 Å². The Kier molecular flexibility index (Phi) is 2.90. The second kappa shape index (κ2) is 3.38. The molecule has 0 amide bonds. The molecule has 0 spiro atoms. The van der Waals surface area contributed by atoms with Gasteiger partial charge in [0.1, 0.15) is 8.30 Å². The molecule has 0 bridgehead atoms. The molecule has 0 saturated carbocycles. The Morgan fingerprint density at radius 1 is 1.55 bits per heavy atom. The van der Waals surface area contributed by atoms with Crippen molar-refractivity contribution in [2.24, 2.45) is 0 Å². The standard InChI is InChI=1S/C8H18NOP/c1-5-6-9-7-8(2,3)10-11(9)4/h5-7H2,1-4H3. The van der Waals surface area contributed by atoms with E-state index in [1.165, 1.54) is 13.0 Å². The minimum absolute atomic E-state index is 0.0929. The smallest absolute Gasteiger partial charge is 0.102 e. The largest absolute Gasteiger partial charge is 0.337 e. The summed E-state index contributed by atoms with van der Waals surface area (Å²) < 4.78 is 8.26. The van der Waals surface area contributed by atoms with Gasteiger partial charge < -0.3 is 4.52 Å². The third-order valence-electron chi connectivity index (χ3n) is 1.82. The van der Waals surface area contributed by atoms with Gasteiger partial charge in [-0.25, -0.2) is 0 Å². The summed E-state index contributed by atoms with van der Waals surface area (Å²) in [4.78, 5) is 0. The van der Waals surface area contributed by atoms with Crippen molar-refractivity contribution in [3.63, 3.8) is 0 Å². The van der Waals surface area contributed by atoms with Crippen molar-refractivity contribution in [2.45, 2.75) is 32.8 Å². The first-order valence-electron chi connectivity index (χ1n) is 4.23. The Hall–Kier alpha value is 0.350. The van der Waals surface area contributed by atoms with Crippen molar-refractivity contribution >= 4 is 8.30 Å². The minimum Gasteiger partial charge on any atom is -0.337 e. The first kappa shape index (κ1) is 9.44. The summed E-state index contributed by atoms with van der Waals surface area (Å²) in [5, 5.41) is 0. The molecule has 0 radical (unpaired) electrons. The molecule has 11 heavy (non-hydrogen) atoms. The maximum absolute atomic E-state index is 5.80. The summed E-state index contributed by atoms with van der Waals surface area (Å²) in [6.45, 7) is 11.0. The van der Waals surface area contributed by atoms with Crippen LogP contribution in [-0.2, 0) is 4.52 Å². The normalized spacial score (nSPS) is 31.1. The van der Waals surface area contributed by atoms with Gasteiger partial charge in [-0.3, -0.25) is 4.67 Å². The van der Waals surface area contributed by atoms with Crippen LogP contribution in [0, 0.1) is 0 Å². The summed E-state index contributed by atoms with van der Waals surface area (Å²) in [6, 6.07) is 0. The molecule has 1 saturated heterocycles. The van der Waals surface area contributed by atoms with Crippen molar-refractivity contribution in [3.05, 3.63) is 0 Å². The molecule has 0 aromatic carbocycles. The van der Waals surface area contributed by atoms with Gasteiger partial charge in [-0.15, -0.1) is 0 Å². The van der Waals surface area contributed by atoms with E-state index in [9.17, 15) is 0 Å². The van der Waals surface area contributed by atoms with E-state index in [1.54, 1.807) is 0 Å². The van der Waals surface area contributed by atoms with Gasteiger partial charge in [-0.05, 0) is 26.9 Å². The zero-order valence-electron chi connectivity index (χ0n) is 7.92. The molecular formula is C8H18NOP. The van der Waals surface area contributed by atoms with Gasteiger partial charge in [0.2, 0.25) is 0 Å². The van der Waals surface area contributed by atoms with Crippen LogP contribution in [0.3, 0.4) is 0 Å². The molecule has 1 rings (SSSR count). The third-order valence-corrected chi connectivity index (χ3v) is 3.72. The van der Waals surface area contributed by atoms with Crippen molar-refractivity contribution in [1.29, 1.82) is 0 Å². The van der Waals surface area contributed by atoms with Crippen LogP contribution >= 0.6 is 8.30 Å². The van der Waals surface area contributed by atoms with Gasteiger partial charge in [0, 0.05) is 13.1 Å². The van der Waals surface area contributed by atoms with Crippen LogP contribution in [0.25, 0.3) is 0 Å². The number of hydrogen-bond donors (Lipinski definition) is 0. The van der Waals surface area contributed by atoms with E-state index in [0.717, 1.165) is 6.54 Å². The summed E-state index contributed by atoms with van der Waals surface area (Å²) in [6.07, 6.45) is 1.23. The molecule has 1 unspecified atom stereocenters. The molecule has 0 N–H and O–H groups in total. The van der Waals surface area contributed by atoms with Crippen LogP contribution in [0.5, 0.6) is 0 Å². The maximum atomic E-state index is 5.80. The van der Waals surface area contributed by atoms with Crippen LogP contribution in [0.4, 0.5) is 0 Å². The first-order valence-corrected chi connectivity index (χ1v) is 5.89. The lowest BCUT2D eigenvalue weighted by atomic mass is 10.1. The highest BCUT2D eigenvalue weighted by atomic mass is 31.2. The summed E-state index contributed by atoms with van der Waals surface area (Å²) in [5.41, 5.74) is 0.0929. The van der Waals surface area contributed by atoms with E-state index in [1.807, 2.05) is 0 Å². The van der Waals surface area contributed by atoms with E-state index >= 15 is 0 Å². The second-order valence-electron chi connectivity index (χ2n) is 3.70. The minimum atomic E-state index is -0.289. The molecule has 0 aromatic rings. The second-order valence-corrected chi connectivity index (χ2v) is 5.38.